The Morgan fingerprint density at radius 3 is 2.77 bits per heavy atom. The largest absolute Gasteiger partial charge is 0.483 e. The smallest absolute Gasteiger partial charge is 0.167 e. The molecule has 70 valence electrons. The van der Waals surface area contributed by atoms with Gasteiger partial charge in [0.2, 0.25) is 0 Å². The SMILES string of the molecule is Nc1ccc(OC2COC2)c(F)c1. The number of benzene rings is 1. The van der Waals surface area contributed by atoms with E-state index in [2.05, 4.69) is 0 Å². The summed E-state index contributed by atoms with van der Waals surface area (Å²) in [7, 11) is 0. The zero-order chi connectivity index (χ0) is 9.26. The van der Waals surface area contributed by atoms with Crippen LogP contribution >= 0.6 is 0 Å². The van der Waals surface area contributed by atoms with Crippen LogP contribution in [0.3, 0.4) is 0 Å². The summed E-state index contributed by atoms with van der Waals surface area (Å²) in [6, 6.07) is 4.38. The number of halogens is 1. The first-order valence-corrected chi connectivity index (χ1v) is 4.05. The van der Waals surface area contributed by atoms with E-state index in [1.165, 1.54) is 12.1 Å². The predicted octanol–water partition coefficient (Wildman–Crippen LogP) is 1.19. The van der Waals surface area contributed by atoms with Gasteiger partial charge in [-0.3, -0.25) is 0 Å². The highest BCUT2D eigenvalue weighted by Crippen LogP contribution is 2.22. The number of ether oxygens (including phenoxy) is 2. The fourth-order valence-electron chi connectivity index (χ4n) is 1.07. The van der Waals surface area contributed by atoms with Crippen LogP contribution in [0.2, 0.25) is 0 Å². The van der Waals surface area contributed by atoms with Crippen LogP contribution in [0.1, 0.15) is 0 Å². The predicted molar refractivity (Wildman–Crippen MR) is 46.0 cm³/mol. The third kappa shape index (κ3) is 1.72. The molecule has 1 saturated heterocycles. The number of nitrogen functional groups attached to an aromatic ring is 1. The van der Waals surface area contributed by atoms with E-state index in [1.807, 2.05) is 0 Å². The van der Waals surface area contributed by atoms with E-state index in [0.717, 1.165) is 0 Å². The van der Waals surface area contributed by atoms with Crippen molar-refractivity contribution in [2.45, 2.75) is 6.10 Å². The van der Waals surface area contributed by atoms with Crippen LogP contribution in [-0.2, 0) is 4.74 Å². The first kappa shape index (κ1) is 8.31. The van der Waals surface area contributed by atoms with Crippen molar-refractivity contribution in [2.24, 2.45) is 0 Å². The van der Waals surface area contributed by atoms with Gasteiger partial charge in [0, 0.05) is 11.8 Å². The summed E-state index contributed by atoms with van der Waals surface area (Å²) >= 11 is 0. The Balaban J connectivity index is 2.10. The average molecular weight is 183 g/mol. The molecule has 1 fully saturated rings. The Morgan fingerprint density at radius 2 is 2.23 bits per heavy atom. The second kappa shape index (κ2) is 3.22. The molecule has 0 atom stereocenters. The molecule has 1 aromatic rings. The van der Waals surface area contributed by atoms with E-state index in [9.17, 15) is 4.39 Å². The Morgan fingerprint density at radius 1 is 1.46 bits per heavy atom. The topological polar surface area (TPSA) is 44.5 Å². The summed E-state index contributed by atoms with van der Waals surface area (Å²) in [5, 5.41) is 0. The van der Waals surface area contributed by atoms with Crippen LogP contribution in [0.15, 0.2) is 18.2 Å². The van der Waals surface area contributed by atoms with Crippen molar-refractivity contribution >= 4 is 5.69 Å². The highest BCUT2D eigenvalue weighted by atomic mass is 19.1. The van der Waals surface area contributed by atoms with Crippen LogP contribution in [0, 0.1) is 5.82 Å². The molecular formula is C9H10FNO2. The lowest BCUT2D eigenvalue weighted by molar-refractivity contribution is -0.0808. The summed E-state index contributed by atoms with van der Waals surface area (Å²) in [6.07, 6.45) is -0.0156. The molecule has 0 bridgehead atoms. The summed E-state index contributed by atoms with van der Waals surface area (Å²) in [4.78, 5) is 0. The molecule has 0 aliphatic carbocycles. The summed E-state index contributed by atoms with van der Waals surface area (Å²) in [5.74, 6) is -0.186. The Kier molecular flexibility index (Phi) is 2.06. The normalized spacial score (nSPS) is 16.7. The van der Waals surface area contributed by atoms with Crippen LogP contribution in [0.4, 0.5) is 10.1 Å². The lowest BCUT2D eigenvalue weighted by Gasteiger charge is -2.26. The molecule has 0 spiro atoms. The fraction of sp³-hybridized carbons (Fsp3) is 0.333. The molecule has 0 unspecified atom stereocenters. The van der Waals surface area contributed by atoms with Crippen molar-refractivity contribution in [2.75, 3.05) is 18.9 Å². The number of hydrogen-bond donors (Lipinski definition) is 1. The molecule has 2 N–H and O–H groups in total. The molecule has 1 aliphatic rings. The first-order valence-electron chi connectivity index (χ1n) is 4.05. The minimum absolute atomic E-state index is 0.0156. The highest BCUT2D eigenvalue weighted by molar-refractivity contribution is 5.42. The lowest BCUT2D eigenvalue weighted by atomic mass is 10.2. The van der Waals surface area contributed by atoms with E-state index in [1.54, 1.807) is 6.07 Å². The molecular weight excluding hydrogens is 173 g/mol. The molecule has 3 nitrogen and oxygen atoms in total. The average Bonchev–Trinajstić information content (AvgIpc) is 1.99. The maximum Gasteiger partial charge on any atom is 0.167 e. The second-order valence-corrected chi connectivity index (χ2v) is 2.97. The molecule has 0 amide bonds. The number of rotatable bonds is 2. The summed E-state index contributed by atoms with van der Waals surface area (Å²) in [6.45, 7) is 1.06. The number of hydrogen-bond acceptors (Lipinski definition) is 3. The third-order valence-corrected chi connectivity index (χ3v) is 1.86. The van der Waals surface area contributed by atoms with Crippen molar-refractivity contribution in [1.29, 1.82) is 0 Å². The third-order valence-electron chi connectivity index (χ3n) is 1.86. The van der Waals surface area contributed by atoms with Crippen molar-refractivity contribution in [3.8, 4) is 5.75 Å². The zero-order valence-corrected chi connectivity index (χ0v) is 7.00. The molecule has 4 heteroatoms. The fourth-order valence-corrected chi connectivity index (χ4v) is 1.07. The summed E-state index contributed by atoms with van der Waals surface area (Å²) < 4.78 is 23.3. The minimum Gasteiger partial charge on any atom is -0.483 e. The minimum atomic E-state index is -0.424. The molecule has 1 heterocycles. The monoisotopic (exact) mass is 183 g/mol. The van der Waals surface area contributed by atoms with Gasteiger partial charge in [-0.2, -0.15) is 0 Å². The molecule has 1 aliphatic heterocycles. The van der Waals surface area contributed by atoms with E-state index >= 15 is 0 Å². The van der Waals surface area contributed by atoms with E-state index in [4.69, 9.17) is 15.2 Å². The maximum absolute atomic E-state index is 13.1. The van der Waals surface area contributed by atoms with Gasteiger partial charge in [0.05, 0.1) is 13.2 Å². The van der Waals surface area contributed by atoms with E-state index in [-0.39, 0.29) is 11.9 Å². The standard InChI is InChI=1S/C9H10FNO2/c10-8-3-6(11)1-2-9(8)13-7-4-12-5-7/h1-3,7H,4-5,11H2. The van der Waals surface area contributed by atoms with Crippen LogP contribution < -0.4 is 10.5 Å². The maximum atomic E-state index is 13.1. The highest BCUT2D eigenvalue weighted by Gasteiger charge is 2.21. The van der Waals surface area contributed by atoms with Gasteiger partial charge in [-0.05, 0) is 12.1 Å². The van der Waals surface area contributed by atoms with Crippen molar-refractivity contribution in [1.82, 2.24) is 0 Å². The van der Waals surface area contributed by atoms with Crippen molar-refractivity contribution in [3.63, 3.8) is 0 Å². The second-order valence-electron chi connectivity index (χ2n) is 2.97. The molecule has 1 aromatic carbocycles. The van der Waals surface area contributed by atoms with Gasteiger partial charge in [0.15, 0.2) is 11.6 Å². The molecule has 0 radical (unpaired) electrons. The van der Waals surface area contributed by atoms with Crippen LogP contribution in [-0.4, -0.2) is 19.3 Å². The van der Waals surface area contributed by atoms with Crippen molar-refractivity contribution in [3.05, 3.63) is 24.0 Å². The van der Waals surface area contributed by atoms with Gasteiger partial charge < -0.3 is 15.2 Å². The van der Waals surface area contributed by atoms with Crippen molar-refractivity contribution < 1.29 is 13.9 Å². The molecule has 13 heavy (non-hydrogen) atoms. The lowest BCUT2D eigenvalue weighted by Crippen LogP contribution is -2.38. The van der Waals surface area contributed by atoms with E-state index < -0.39 is 5.82 Å². The van der Waals surface area contributed by atoms with Gasteiger partial charge in [0.1, 0.15) is 6.10 Å². The van der Waals surface area contributed by atoms with Crippen LogP contribution in [0.25, 0.3) is 0 Å². The van der Waals surface area contributed by atoms with Gasteiger partial charge >= 0.3 is 0 Å². The first-order chi connectivity index (χ1) is 6.25. The van der Waals surface area contributed by atoms with Gasteiger partial charge in [-0.1, -0.05) is 0 Å². The van der Waals surface area contributed by atoms with Gasteiger partial charge in [-0.15, -0.1) is 0 Å². The molecule has 2 rings (SSSR count). The van der Waals surface area contributed by atoms with Gasteiger partial charge in [0.25, 0.3) is 0 Å². The van der Waals surface area contributed by atoms with Gasteiger partial charge in [-0.25, -0.2) is 4.39 Å². The summed E-state index contributed by atoms with van der Waals surface area (Å²) in [5.41, 5.74) is 5.78. The Hall–Kier alpha value is -1.29. The number of nitrogens with two attached hydrogens (primary N) is 1. The Bertz CT molecular complexity index is 312. The molecule has 0 aromatic heterocycles. The zero-order valence-electron chi connectivity index (χ0n) is 7.00. The Labute approximate surface area is 75.3 Å². The quantitative estimate of drug-likeness (QED) is 0.700. The van der Waals surface area contributed by atoms with Crippen LogP contribution in [0.5, 0.6) is 5.75 Å². The molecule has 0 saturated carbocycles. The number of anilines is 1. The van der Waals surface area contributed by atoms with E-state index in [0.29, 0.717) is 18.9 Å².